The van der Waals surface area contributed by atoms with Gasteiger partial charge in [0.2, 0.25) is 5.91 Å². The van der Waals surface area contributed by atoms with Gasteiger partial charge < -0.3 is 15.3 Å². The van der Waals surface area contributed by atoms with E-state index in [1.54, 1.807) is 0 Å². The van der Waals surface area contributed by atoms with Gasteiger partial charge in [0.25, 0.3) is 0 Å². The Morgan fingerprint density at radius 3 is 2.85 bits per heavy atom. The lowest BCUT2D eigenvalue weighted by Gasteiger charge is -2.21. The summed E-state index contributed by atoms with van der Waals surface area (Å²) in [7, 11) is 0. The van der Waals surface area contributed by atoms with Gasteiger partial charge in [-0.05, 0) is 49.4 Å². The van der Waals surface area contributed by atoms with Crippen molar-refractivity contribution in [2.75, 3.05) is 24.9 Å². The number of hydrogen-bond acceptors (Lipinski definition) is 3. The molecular formula is C16H24N2O2. The first-order valence-corrected chi connectivity index (χ1v) is 5.91. The fraction of sp³-hybridized carbons (Fsp3) is 0.562. The van der Waals surface area contributed by atoms with Crippen LogP contribution in [0.4, 0.5) is 5.69 Å². The van der Waals surface area contributed by atoms with Crippen LogP contribution in [0.5, 0.6) is 5.75 Å². The molecule has 1 aromatic carbocycles. The van der Waals surface area contributed by atoms with Crippen molar-refractivity contribution in [3.05, 3.63) is 23.3 Å². The van der Waals surface area contributed by atoms with E-state index in [9.17, 15) is 9.90 Å². The lowest BCUT2D eigenvalue weighted by Crippen LogP contribution is -2.28. The zero-order valence-electron chi connectivity index (χ0n) is 24.6. The van der Waals surface area contributed by atoms with Crippen molar-refractivity contribution in [2.24, 2.45) is 0 Å². The molecule has 1 aliphatic rings. The van der Waals surface area contributed by atoms with Crippen molar-refractivity contribution in [1.82, 2.24) is 4.90 Å². The SMILES string of the molecule is [2H]C([2H])([2H])C([2H])([2H])C([2H])([2H])N(CCc1ccc(O)c2c1CC(=O)N2)C([2H])([2H])C([2H])([2H])C([2H])([2H])[2H]. The van der Waals surface area contributed by atoms with Crippen molar-refractivity contribution in [3.63, 3.8) is 0 Å². The Bertz CT molecular complexity index is 916. The maximum atomic E-state index is 11.8. The second-order valence-corrected chi connectivity index (χ2v) is 4.20. The van der Waals surface area contributed by atoms with E-state index in [0.717, 1.165) is 0 Å². The van der Waals surface area contributed by atoms with Crippen LogP contribution in [0.2, 0.25) is 0 Å². The topological polar surface area (TPSA) is 52.6 Å². The number of fused-ring (bicyclic) bond motifs is 1. The molecule has 0 aliphatic carbocycles. The van der Waals surface area contributed by atoms with Gasteiger partial charge >= 0.3 is 0 Å². The maximum absolute atomic E-state index is 11.8. The van der Waals surface area contributed by atoms with Crippen LogP contribution in [0, 0.1) is 0 Å². The molecule has 1 aliphatic heterocycles. The molecule has 2 rings (SSSR count). The number of benzene rings is 1. The summed E-state index contributed by atoms with van der Waals surface area (Å²) in [5.41, 5.74) is 0.658. The van der Waals surface area contributed by atoms with Gasteiger partial charge in [0.05, 0.1) is 12.1 Å². The van der Waals surface area contributed by atoms with Crippen LogP contribution >= 0.6 is 0 Å². The second kappa shape index (κ2) is 6.75. The number of nitrogens with zero attached hydrogens (tertiary/aromatic N) is 1. The van der Waals surface area contributed by atoms with E-state index < -0.39 is 51.9 Å². The fourth-order valence-electron chi connectivity index (χ4n) is 2.11. The Morgan fingerprint density at radius 2 is 2.15 bits per heavy atom. The summed E-state index contributed by atoms with van der Waals surface area (Å²) in [5.74, 6) is -0.720. The summed E-state index contributed by atoms with van der Waals surface area (Å²) < 4.78 is 109. The molecule has 0 saturated heterocycles. The van der Waals surface area contributed by atoms with Crippen LogP contribution in [0.3, 0.4) is 0 Å². The first-order valence-electron chi connectivity index (χ1n) is 12.9. The number of phenolic OH excluding ortho intramolecular Hbond substituents is 1. The third-order valence-corrected chi connectivity index (χ3v) is 2.98. The minimum Gasteiger partial charge on any atom is -0.506 e. The number of amides is 1. The van der Waals surface area contributed by atoms with Crippen LogP contribution in [0.25, 0.3) is 0 Å². The summed E-state index contributed by atoms with van der Waals surface area (Å²) >= 11 is 0. The average molecular weight is 290 g/mol. The monoisotopic (exact) mass is 290 g/mol. The summed E-state index contributed by atoms with van der Waals surface area (Å²) in [6.45, 7) is -15.5. The normalized spacial score (nSPS) is 28.1. The standard InChI is InChI=1S/C16H24N2O2/c1-3-8-18(9-4-2)10-7-12-5-6-14(19)16-13(12)11-15(20)17-16/h5-6,19H,3-4,7-11H2,1-2H3,(H,17,20)/i1D3,2D3,3D2,4D2,8D2,9D2. The Hall–Kier alpha value is -1.55. The number of carbonyl (C=O) groups excluding carboxylic acids is 1. The van der Waals surface area contributed by atoms with E-state index in [1.165, 1.54) is 12.1 Å². The Labute approximate surface area is 140 Å². The summed E-state index contributed by atoms with van der Waals surface area (Å²) in [6.07, 6.45) is -8.02. The molecule has 0 spiro atoms. The third kappa shape index (κ3) is 3.31. The molecule has 20 heavy (non-hydrogen) atoms. The first kappa shape index (κ1) is 5.02. The second-order valence-electron chi connectivity index (χ2n) is 4.20. The molecule has 2 N–H and O–H groups in total. The number of hydrogen-bond donors (Lipinski definition) is 2. The largest absolute Gasteiger partial charge is 0.506 e. The van der Waals surface area contributed by atoms with Crippen LogP contribution in [0.1, 0.15) is 56.8 Å². The molecule has 110 valence electrons. The number of nitrogens with one attached hydrogen (secondary N) is 1. The maximum Gasteiger partial charge on any atom is 0.228 e. The minimum absolute atomic E-state index is 0.0673. The van der Waals surface area contributed by atoms with Gasteiger partial charge in [0, 0.05) is 25.7 Å². The molecule has 0 unspecified atom stereocenters. The molecule has 0 atom stereocenters. The summed E-state index contributed by atoms with van der Waals surface area (Å²) in [6, 6.07) is 2.55. The lowest BCUT2D eigenvalue weighted by atomic mass is 10.0. The molecule has 0 aromatic heterocycles. The molecule has 1 aromatic rings. The Morgan fingerprint density at radius 1 is 1.40 bits per heavy atom. The number of anilines is 1. The highest BCUT2D eigenvalue weighted by Gasteiger charge is 2.23. The molecule has 1 amide bonds. The molecule has 0 radical (unpaired) electrons. The van der Waals surface area contributed by atoms with Gasteiger partial charge in [-0.15, -0.1) is 0 Å². The van der Waals surface area contributed by atoms with Crippen LogP contribution in [-0.4, -0.2) is 35.5 Å². The van der Waals surface area contributed by atoms with Crippen LogP contribution in [0.15, 0.2) is 12.1 Å². The highest BCUT2D eigenvalue weighted by molar-refractivity contribution is 6.01. The average Bonchev–Trinajstić information content (AvgIpc) is 3.03. The fourth-order valence-corrected chi connectivity index (χ4v) is 2.11. The van der Waals surface area contributed by atoms with Crippen molar-refractivity contribution in [3.8, 4) is 5.75 Å². The van der Waals surface area contributed by atoms with E-state index >= 15 is 0 Å². The molecule has 0 fully saturated rings. The van der Waals surface area contributed by atoms with E-state index in [2.05, 4.69) is 5.32 Å². The zero-order chi connectivity index (χ0) is 26.7. The highest BCUT2D eigenvalue weighted by atomic mass is 16.3. The zero-order valence-corrected chi connectivity index (χ0v) is 10.6. The van der Waals surface area contributed by atoms with E-state index in [-0.39, 0.29) is 34.7 Å². The Balaban J connectivity index is 2.60. The summed E-state index contributed by atoms with van der Waals surface area (Å²) in [5, 5.41) is 12.4. The van der Waals surface area contributed by atoms with Gasteiger partial charge in [-0.3, -0.25) is 4.79 Å². The third-order valence-electron chi connectivity index (χ3n) is 2.98. The van der Waals surface area contributed by atoms with Gasteiger partial charge in [0.1, 0.15) is 5.75 Å². The van der Waals surface area contributed by atoms with Crippen LogP contribution < -0.4 is 5.32 Å². The van der Waals surface area contributed by atoms with E-state index in [4.69, 9.17) is 19.2 Å². The number of aromatic hydroxyl groups is 1. The number of phenols is 1. The first-order chi connectivity index (χ1) is 15.0. The van der Waals surface area contributed by atoms with Gasteiger partial charge in [-0.25, -0.2) is 0 Å². The van der Waals surface area contributed by atoms with E-state index in [0.29, 0.717) is 5.56 Å². The van der Waals surface area contributed by atoms with Crippen molar-refractivity contribution >= 4 is 11.6 Å². The molecule has 4 heteroatoms. The molecule has 4 nitrogen and oxygen atoms in total. The van der Waals surface area contributed by atoms with Crippen molar-refractivity contribution in [1.29, 1.82) is 0 Å². The van der Waals surface area contributed by atoms with Crippen molar-refractivity contribution < 1.29 is 29.1 Å². The van der Waals surface area contributed by atoms with Gasteiger partial charge in [-0.1, -0.05) is 19.8 Å². The molecule has 0 saturated carbocycles. The van der Waals surface area contributed by atoms with Crippen LogP contribution in [-0.2, 0) is 17.6 Å². The molecular weight excluding hydrogens is 252 g/mol. The van der Waals surface area contributed by atoms with Gasteiger partial charge in [-0.2, -0.15) is 0 Å². The van der Waals surface area contributed by atoms with Gasteiger partial charge in [0.15, 0.2) is 0 Å². The molecule has 1 heterocycles. The predicted molar refractivity (Wildman–Crippen MR) is 81.2 cm³/mol. The predicted octanol–water partition coefficient (Wildman–Crippen LogP) is 2.55. The summed E-state index contributed by atoms with van der Waals surface area (Å²) in [4.78, 5) is 11.7. The van der Waals surface area contributed by atoms with Crippen molar-refractivity contribution in [2.45, 2.75) is 39.3 Å². The Kier molecular flexibility index (Phi) is 1.69. The minimum atomic E-state index is -3.74. The highest BCUT2D eigenvalue weighted by Crippen LogP contribution is 2.35. The molecule has 0 bridgehead atoms. The van der Waals surface area contributed by atoms with E-state index in [1.807, 2.05) is 0 Å². The number of carbonyl (C=O) groups is 1. The number of rotatable bonds is 7. The lowest BCUT2D eigenvalue weighted by molar-refractivity contribution is -0.115. The smallest absolute Gasteiger partial charge is 0.228 e. The quantitative estimate of drug-likeness (QED) is 0.759.